The summed E-state index contributed by atoms with van der Waals surface area (Å²) in [5.41, 5.74) is 0.534. The second-order valence-corrected chi connectivity index (χ2v) is 3.99. The summed E-state index contributed by atoms with van der Waals surface area (Å²) in [5, 5.41) is 19.4. The van der Waals surface area contributed by atoms with Gasteiger partial charge in [0.15, 0.2) is 0 Å². The summed E-state index contributed by atoms with van der Waals surface area (Å²) in [4.78, 5) is 24.6. The molecule has 0 saturated carbocycles. The molecule has 1 aromatic heterocycles. The lowest BCUT2D eigenvalue weighted by molar-refractivity contribution is -0.384. The van der Waals surface area contributed by atoms with Gasteiger partial charge in [0, 0.05) is 6.07 Å². The Kier molecular flexibility index (Phi) is 3.60. The lowest BCUT2D eigenvalue weighted by Gasteiger charge is -2.08. The van der Waals surface area contributed by atoms with Gasteiger partial charge in [-0.1, -0.05) is 0 Å². The molecule has 7 nitrogen and oxygen atoms in total. The lowest BCUT2D eigenvalue weighted by Crippen LogP contribution is -1.99. The van der Waals surface area contributed by atoms with Crippen LogP contribution in [0.5, 0.6) is 11.5 Å². The smallest absolute Gasteiger partial charge is 0.354 e. The number of pyridine rings is 1. The van der Waals surface area contributed by atoms with Crippen LogP contribution in [0.25, 0.3) is 0 Å². The summed E-state index contributed by atoms with van der Waals surface area (Å²) in [5.74, 6) is -0.509. The average Bonchev–Trinajstić information content (AvgIpc) is 2.41. The Bertz CT molecular complexity index is 667. The largest absolute Gasteiger partial charge is 0.477 e. The maximum Gasteiger partial charge on any atom is 0.354 e. The minimum atomic E-state index is -1.14. The topological polar surface area (TPSA) is 103 Å². The second-order valence-electron chi connectivity index (χ2n) is 3.99. The predicted octanol–water partition coefficient (Wildman–Crippen LogP) is 2.79. The molecule has 0 unspecified atom stereocenters. The zero-order chi connectivity index (χ0) is 14.7. The fourth-order valence-electron chi connectivity index (χ4n) is 1.51. The van der Waals surface area contributed by atoms with Gasteiger partial charge in [-0.05, 0) is 30.7 Å². The summed E-state index contributed by atoms with van der Waals surface area (Å²) in [7, 11) is 0. The summed E-state index contributed by atoms with van der Waals surface area (Å²) >= 11 is 0. The van der Waals surface area contributed by atoms with Gasteiger partial charge in [0.25, 0.3) is 5.69 Å². The van der Waals surface area contributed by atoms with Crippen LogP contribution in [0, 0.1) is 17.0 Å². The average molecular weight is 274 g/mol. The third-order valence-corrected chi connectivity index (χ3v) is 2.57. The number of rotatable bonds is 4. The number of carboxylic acid groups (broad SMARTS) is 1. The highest BCUT2D eigenvalue weighted by Crippen LogP contribution is 2.28. The van der Waals surface area contributed by atoms with Crippen molar-refractivity contribution >= 4 is 11.7 Å². The first-order valence-electron chi connectivity index (χ1n) is 5.59. The molecule has 0 amide bonds. The minimum Gasteiger partial charge on any atom is -0.477 e. The van der Waals surface area contributed by atoms with Gasteiger partial charge in [-0.15, -0.1) is 0 Å². The standard InChI is InChI=1S/C13H10N2O5/c1-8-2-3-9(15(18)19)6-12(8)20-10-4-5-11(13(16)17)14-7-10/h2-7H,1H3,(H,16,17). The fourth-order valence-corrected chi connectivity index (χ4v) is 1.51. The molecule has 0 atom stereocenters. The van der Waals surface area contributed by atoms with Crippen LogP contribution >= 0.6 is 0 Å². The van der Waals surface area contributed by atoms with Crippen molar-refractivity contribution in [3.63, 3.8) is 0 Å². The molecule has 20 heavy (non-hydrogen) atoms. The first kappa shape index (κ1) is 13.5. The monoisotopic (exact) mass is 274 g/mol. The highest BCUT2D eigenvalue weighted by Gasteiger charge is 2.11. The molecule has 0 aliphatic rings. The summed E-state index contributed by atoms with van der Waals surface area (Å²) in [6.07, 6.45) is 1.25. The molecule has 1 aromatic carbocycles. The van der Waals surface area contributed by atoms with E-state index in [1.54, 1.807) is 13.0 Å². The van der Waals surface area contributed by atoms with Crippen LogP contribution in [0.3, 0.4) is 0 Å². The highest BCUT2D eigenvalue weighted by molar-refractivity contribution is 5.85. The van der Waals surface area contributed by atoms with E-state index in [0.29, 0.717) is 11.5 Å². The van der Waals surface area contributed by atoms with Gasteiger partial charge >= 0.3 is 5.97 Å². The Morgan fingerprint density at radius 3 is 2.65 bits per heavy atom. The molecular weight excluding hydrogens is 264 g/mol. The first-order chi connectivity index (χ1) is 9.47. The number of ether oxygens (including phenoxy) is 1. The van der Waals surface area contributed by atoms with Gasteiger partial charge in [-0.2, -0.15) is 0 Å². The van der Waals surface area contributed by atoms with E-state index in [1.807, 2.05) is 0 Å². The van der Waals surface area contributed by atoms with E-state index in [1.165, 1.54) is 30.5 Å². The zero-order valence-corrected chi connectivity index (χ0v) is 10.4. The number of hydrogen-bond donors (Lipinski definition) is 1. The van der Waals surface area contributed by atoms with Crippen LogP contribution in [-0.2, 0) is 0 Å². The van der Waals surface area contributed by atoms with Gasteiger partial charge < -0.3 is 9.84 Å². The SMILES string of the molecule is Cc1ccc([N+](=O)[O-])cc1Oc1ccc(C(=O)O)nc1. The number of benzene rings is 1. The van der Waals surface area contributed by atoms with Crippen LogP contribution in [0.1, 0.15) is 16.1 Å². The summed E-state index contributed by atoms with van der Waals surface area (Å²) in [6.45, 7) is 1.75. The number of nitro groups is 1. The van der Waals surface area contributed by atoms with Gasteiger partial charge in [-0.25, -0.2) is 9.78 Å². The Labute approximate surface area is 113 Å². The molecular formula is C13H10N2O5. The summed E-state index contributed by atoms with van der Waals surface area (Å²) < 4.78 is 5.47. The molecule has 102 valence electrons. The Morgan fingerprint density at radius 1 is 1.35 bits per heavy atom. The quantitative estimate of drug-likeness (QED) is 0.679. The van der Waals surface area contributed by atoms with Crippen LogP contribution in [0.15, 0.2) is 36.5 Å². The van der Waals surface area contributed by atoms with Crippen molar-refractivity contribution in [2.24, 2.45) is 0 Å². The number of nitro benzene ring substituents is 1. The molecule has 0 spiro atoms. The molecule has 0 radical (unpaired) electrons. The number of carboxylic acids is 1. The maximum absolute atomic E-state index is 10.7. The van der Waals surface area contributed by atoms with Crippen molar-refractivity contribution in [1.29, 1.82) is 0 Å². The molecule has 2 aromatic rings. The van der Waals surface area contributed by atoms with Gasteiger partial charge in [0.1, 0.15) is 17.2 Å². The van der Waals surface area contributed by atoms with E-state index in [-0.39, 0.29) is 11.4 Å². The van der Waals surface area contributed by atoms with E-state index >= 15 is 0 Å². The van der Waals surface area contributed by atoms with Crippen molar-refractivity contribution in [2.45, 2.75) is 6.92 Å². The first-order valence-corrected chi connectivity index (χ1v) is 5.59. The molecule has 0 fully saturated rings. The number of hydrogen-bond acceptors (Lipinski definition) is 5. The van der Waals surface area contributed by atoms with Gasteiger partial charge in [0.2, 0.25) is 0 Å². The number of non-ortho nitro benzene ring substituents is 1. The van der Waals surface area contributed by atoms with Crippen LogP contribution in [-0.4, -0.2) is 21.0 Å². The van der Waals surface area contributed by atoms with E-state index in [2.05, 4.69) is 4.98 Å². The summed E-state index contributed by atoms with van der Waals surface area (Å²) in [6, 6.07) is 7.00. The molecule has 0 bridgehead atoms. The van der Waals surface area contributed by atoms with Crippen molar-refractivity contribution in [3.05, 3.63) is 57.9 Å². The van der Waals surface area contributed by atoms with Crippen molar-refractivity contribution < 1.29 is 19.6 Å². The number of aromatic carboxylic acids is 1. The Morgan fingerprint density at radius 2 is 2.10 bits per heavy atom. The highest BCUT2D eigenvalue weighted by atomic mass is 16.6. The molecule has 1 N–H and O–H groups in total. The lowest BCUT2D eigenvalue weighted by atomic mass is 10.2. The van der Waals surface area contributed by atoms with Crippen LogP contribution in [0.2, 0.25) is 0 Å². The Balaban J connectivity index is 2.27. The van der Waals surface area contributed by atoms with Crippen LogP contribution < -0.4 is 4.74 Å². The number of aromatic nitrogens is 1. The van der Waals surface area contributed by atoms with Crippen molar-refractivity contribution in [3.8, 4) is 11.5 Å². The molecule has 7 heteroatoms. The molecule has 0 saturated heterocycles. The number of nitrogens with zero attached hydrogens (tertiary/aromatic N) is 2. The minimum absolute atomic E-state index is 0.0827. The predicted molar refractivity (Wildman–Crippen MR) is 69.1 cm³/mol. The maximum atomic E-state index is 10.7. The van der Waals surface area contributed by atoms with E-state index in [4.69, 9.17) is 9.84 Å². The van der Waals surface area contributed by atoms with Crippen LogP contribution in [0.4, 0.5) is 5.69 Å². The number of carbonyl (C=O) groups is 1. The van der Waals surface area contributed by atoms with E-state index in [0.717, 1.165) is 5.56 Å². The van der Waals surface area contributed by atoms with Crippen molar-refractivity contribution in [2.75, 3.05) is 0 Å². The molecule has 0 aliphatic heterocycles. The fraction of sp³-hybridized carbons (Fsp3) is 0.0769. The Hall–Kier alpha value is -2.96. The molecule has 1 heterocycles. The van der Waals surface area contributed by atoms with Crippen molar-refractivity contribution in [1.82, 2.24) is 4.98 Å². The molecule has 2 rings (SSSR count). The number of aryl methyl sites for hydroxylation is 1. The van der Waals surface area contributed by atoms with E-state index in [9.17, 15) is 14.9 Å². The zero-order valence-electron chi connectivity index (χ0n) is 10.4. The van der Waals surface area contributed by atoms with Gasteiger partial charge in [-0.3, -0.25) is 10.1 Å². The second kappa shape index (κ2) is 5.35. The molecule has 0 aliphatic carbocycles. The van der Waals surface area contributed by atoms with E-state index < -0.39 is 10.9 Å². The van der Waals surface area contributed by atoms with Gasteiger partial charge in [0.05, 0.1) is 17.2 Å². The normalized spacial score (nSPS) is 10.1. The third kappa shape index (κ3) is 2.89. The third-order valence-electron chi connectivity index (χ3n) is 2.57.